The minimum absolute atomic E-state index is 0.113. The summed E-state index contributed by atoms with van der Waals surface area (Å²) in [7, 11) is 0. The van der Waals surface area contributed by atoms with Crippen molar-refractivity contribution in [1.82, 2.24) is 19.9 Å². The van der Waals surface area contributed by atoms with E-state index in [0.29, 0.717) is 6.42 Å². The van der Waals surface area contributed by atoms with Crippen molar-refractivity contribution in [3.63, 3.8) is 0 Å². The maximum atomic E-state index is 11.9. The second-order valence-electron chi connectivity index (χ2n) is 4.78. The van der Waals surface area contributed by atoms with E-state index in [0.717, 1.165) is 37.3 Å². The molecule has 2 aromatic rings. The topological polar surface area (TPSA) is 59.8 Å². The molecule has 19 heavy (non-hydrogen) atoms. The van der Waals surface area contributed by atoms with Gasteiger partial charge in [-0.15, -0.1) is 11.3 Å². The lowest BCUT2D eigenvalue weighted by Gasteiger charge is -2.24. The molecule has 0 saturated heterocycles. The number of hydrogen-bond acceptors (Lipinski definition) is 4. The van der Waals surface area contributed by atoms with Crippen LogP contribution in [-0.2, 0) is 24.2 Å². The summed E-state index contributed by atoms with van der Waals surface area (Å²) in [5, 5.41) is 5.09. The van der Waals surface area contributed by atoms with Crippen molar-refractivity contribution in [2.45, 2.75) is 38.3 Å². The van der Waals surface area contributed by atoms with Crippen LogP contribution in [0.3, 0.4) is 0 Å². The first-order chi connectivity index (χ1) is 9.31. The molecule has 2 aromatic heterocycles. The second kappa shape index (κ2) is 5.52. The lowest BCUT2D eigenvalue weighted by atomic mass is 10.1. The summed E-state index contributed by atoms with van der Waals surface area (Å²) < 4.78 is 2.12. The maximum Gasteiger partial charge on any atom is 0.220 e. The Labute approximate surface area is 115 Å². The minimum Gasteiger partial charge on any atom is -0.352 e. The van der Waals surface area contributed by atoms with E-state index >= 15 is 0 Å². The highest BCUT2D eigenvalue weighted by Gasteiger charge is 2.20. The van der Waals surface area contributed by atoms with Gasteiger partial charge < -0.3 is 9.88 Å². The highest BCUT2D eigenvalue weighted by molar-refractivity contribution is 7.07. The van der Waals surface area contributed by atoms with E-state index in [1.54, 1.807) is 16.8 Å². The van der Waals surface area contributed by atoms with Gasteiger partial charge in [0.05, 0.1) is 11.2 Å². The summed E-state index contributed by atoms with van der Waals surface area (Å²) >= 11 is 1.57. The lowest BCUT2D eigenvalue weighted by molar-refractivity contribution is -0.122. The van der Waals surface area contributed by atoms with Gasteiger partial charge in [0.15, 0.2) is 0 Å². The van der Waals surface area contributed by atoms with Crippen molar-refractivity contribution in [3.05, 3.63) is 34.8 Å². The molecule has 0 unspecified atom stereocenters. The van der Waals surface area contributed by atoms with Crippen molar-refractivity contribution in [1.29, 1.82) is 0 Å². The molecule has 3 rings (SSSR count). The van der Waals surface area contributed by atoms with Gasteiger partial charge in [0.2, 0.25) is 5.91 Å². The molecule has 0 saturated carbocycles. The Kier molecular flexibility index (Phi) is 3.59. The van der Waals surface area contributed by atoms with E-state index in [4.69, 9.17) is 0 Å². The Bertz CT molecular complexity index is 549. The molecule has 0 bridgehead atoms. The van der Waals surface area contributed by atoms with Gasteiger partial charge in [-0.05, 0) is 12.8 Å². The predicted molar refractivity (Wildman–Crippen MR) is 72.9 cm³/mol. The van der Waals surface area contributed by atoms with E-state index in [1.165, 1.54) is 0 Å². The van der Waals surface area contributed by atoms with Crippen LogP contribution < -0.4 is 5.32 Å². The van der Waals surface area contributed by atoms with E-state index in [2.05, 4.69) is 19.9 Å². The van der Waals surface area contributed by atoms with Crippen molar-refractivity contribution in [3.8, 4) is 0 Å². The summed E-state index contributed by atoms with van der Waals surface area (Å²) in [6.45, 7) is 0.831. The fourth-order valence-corrected chi connectivity index (χ4v) is 2.98. The Morgan fingerprint density at radius 2 is 2.47 bits per heavy atom. The first-order valence-corrected chi connectivity index (χ1v) is 7.42. The van der Waals surface area contributed by atoms with Gasteiger partial charge in [0.25, 0.3) is 0 Å². The minimum atomic E-state index is 0.113. The smallest absolute Gasteiger partial charge is 0.220 e. The third kappa shape index (κ3) is 3.01. The van der Waals surface area contributed by atoms with Gasteiger partial charge in [-0.1, -0.05) is 0 Å². The fourth-order valence-electron chi connectivity index (χ4n) is 2.39. The molecular formula is C13H16N4OS. The quantitative estimate of drug-likeness (QED) is 0.918. The molecule has 1 amide bonds. The normalized spacial score (nSPS) is 18.0. The van der Waals surface area contributed by atoms with E-state index in [9.17, 15) is 4.79 Å². The standard InChI is InChI=1S/C13H16N4OS/c18-13(4-2-11-8-19-9-15-11)16-10-1-3-12-14-5-6-17(12)7-10/h5-6,8-10H,1-4,7H2,(H,16,18)/t10-/m0/s1. The van der Waals surface area contributed by atoms with Crippen LogP contribution in [0.15, 0.2) is 23.3 Å². The molecule has 0 aliphatic carbocycles. The van der Waals surface area contributed by atoms with E-state index in [1.807, 2.05) is 17.8 Å². The summed E-state index contributed by atoms with van der Waals surface area (Å²) in [6.07, 6.45) is 6.93. The van der Waals surface area contributed by atoms with Crippen molar-refractivity contribution in [2.24, 2.45) is 0 Å². The zero-order valence-electron chi connectivity index (χ0n) is 10.6. The van der Waals surface area contributed by atoms with Crippen LogP contribution in [0.5, 0.6) is 0 Å². The molecule has 1 aliphatic heterocycles. The van der Waals surface area contributed by atoms with Gasteiger partial charge in [0.1, 0.15) is 5.82 Å². The van der Waals surface area contributed by atoms with E-state index in [-0.39, 0.29) is 11.9 Å². The molecule has 1 N–H and O–H groups in total. The molecular weight excluding hydrogens is 260 g/mol. The zero-order valence-corrected chi connectivity index (χ0v) is 11.4. The Morgan fingerprint density at radius 1 is 1.53 bits per heavy atom. The number of aromatic nitrogens is 3. The van der Waals surface area contributed by atoms with E-state index < -0.39 is 0 Å². The van der Waals surface area contributed by atoms with Gasteiger partial charge in [0, 0.05) is 43.2 Å². The number of hydrogen-bond donors (Lipinski definition) is 1. The number of carbonyl (C=O) groups is 1. The average Bonchev–Trinajstić information content (AvgIpc) is 3.07. The number of rotatable bonds is 4. The largest absolute Gasteiger partial charge is 0.352 e. The van der Waals surface area contributed by atoms with Crippen molar-refractivity contribution < 1.29 is 4.79 Å². The molecule has 5 nitrogen and oxygen atoms in total. The molecule has 6 heteroatoms. The SMILES string of the molecule is O=C(CCc1cscn1)N[C@H]1CCc2nccn2C1. The number of aryl methyl sites for hydroxylation is 2. The summed E-state index contributed by atoms with van der Waals surface area (Å²) in [5.74, 6) is 1.23. The molecule has 0 radical (unpaired) electrons. The first-order valence-electron chi connectivity index (χ1n) is 6.48. The van der Waals surface area contributed by atoms with Crippen LogP contribution in [0.25, 0.3) is 0 Å². The van der Waals surface area contributed by atoms with Gasteiger partial charge in [-0.25, -0.2) is 9.97 Å². The monoisotopic (exact) mass is 276 g/mol. The third-order valence-electron chi connectivity index (χ3n) is 3.39. The zero-order chi connectivity index (χ0) is 13.1. The molecule has 1 aliphatic rings. The van der Waals surface area contributed by atoms with Gasteiger partial charge >= 0.3 is 0 Å². The molecule has 0 spiro atoms. The molecule has 0 fully saturated rings. The Hall–Kier alpha value is -1.69. The second-order valence-corrected chi connectivity index (χ2v) is 5.50. The average molecular weight is 276 g/mol. The van der Waals surface area contributed by atoms with Crippen LogP contribution in [0.2, 0.25) is 0 Å². The molecule has 1 atom stereocenters. The summed E-state index contributed by atoms with van der Waals surface area (Å²) in [4.78, 5) is 20.4. The molecule has 3 heterocycles. The lowest BCUT2D eigenvalue weighted by Crippen LogP contribution is -2.40. The highest BCUT2D eigenvalue weighted by atomic mass is 32.1. The number of fused-ring (bicyclic) bond motifs is 1. The predicted octanol–water partition coefficient (Wildman–Crippen LogP) is 1.40. The van der Waals surface area contributed by atoms with Gasteiger partial charge in [-0.2, -0.15) is 0 Å². The maximum absolute atomic E-state index is 11.9. The number of amides is 1. The summed E-state index contributed by atoms with van der Waals surface area (Å²) in [5.41, 5.74) is 2.80. The van der Waals surface area contributed by atoms with Crippen molar-refractivity contribution in [2.75, 3.05) is 0 Å². The first kappa shape index (κ1) is 12.3. The number of nitrogens with zero attached hydrogens (tertiary/aromatic N) is 3. The number of nitrogens with one attached hydrogen (secondary N) is 1. The van der Waals surface area contributed by atoms with Crippen LogP contribution in [0.1, 0.15) is 24.4 Å². The molecule has 100 valence electrons. The Balaban J connectivity index is 1.48. The summed E-state index contributed by atoms with van der Waals surface area (Å²) in [6, 6.07) is 0.227. The number of thiazole rings is 1. The Morgan fingerprint density at radius 3 is 3.32 bits per heavy atom. The van der Waals surface area contributed by atoms with Gasteiger partial charge in [-0.3, -0.25) is 4.79 Å². The van der Waals surface area contributed by atoms with Crippen LogP contribution in [0, 0.1) is 0 Å². The van der Waals surface area contributed by atoms with Crippen molar-refractivity contribution >= 4 is 17.2 Å². The third-order valence-corrected chi connectivity index (χ3v) is 4.03. The number of imidazole rings is 1. The van der Waals surface area contributed by atoms with Crippen LogP contribution in [0.4, 0.5) is 0 Å². The molecule has 0 aromatic carbocycles. The van der Waals surface area contributed by atoms with Crippen LogP contribution >= 0.6 is 11.3 Å². The van der Waals surface area contributed by atoms with Crippen LogP contribution in [-0.4, -0.2) is 26.5 Å². The fraction of sp³-hybridized carbons (Fsp3) is 0.462. The number of carbonyl (C=O) groups excluding carboxylic acids is 1. The highest BCUT2D eigenvalue weighted by Crippen LogP contribution is 2.13.